The van der Waals surface area contributed by atoms with Crippen LogP contribution in [0.1, 0.15) is 39.5 Å². The Labute approximate surface area is 103 Å². The highest BCUT2D eigenvalue weighted by Crippen LogP contribution is 2.28. The molecular weight excluding hydrogens is 216 g/mol. The van der Waals surface area contributed by atoms with Crippen molar-refractivity contribution < 1.29 is 9.53 Å². The minimum Gasteiger partial charge on any atom is -0.377 e. The number of hydrogen-bond donors (Lipinski definition) is 1. The number of amides is 1. The summed E-state index contributed by atoms with van der Waals surface area (Å²) in [7, 11) is 0. The van der Waals surface area contributed by atoms with Crippen LogP contribution in [-0.2, 0) is 9.53 Å². The summed E-state index contributed by atoms with van der Waals surface area (Å²) in [5, 5.41) is 0. The molecule has 4 nitrogen and oxygen atoms in total. The van der Waals surface area contributed by atoms with E-state index in [2.05, 4.69) is 13.8 Å². The van der Waals surface area contributed by atoms with Crippen LogP contribution in [0.2, 0.25) is 0 Å². The Kier molecular flexibility index (Phi) is 4.05. The van der Waals surface area contributed by atoms with Crippen LogP contribution in [-0.4, -0.2) is 42.1 Å². The molecule has 1 aliphatic heterocycles. The van der Waals surface area contributed by atoms with Crippen molar-refractivity contribution in [3.8, 4) is 0 Å². The molecule has 1 saturated carbocycles. The second-order valence-corrected chi connectivity index (χ2v) is 5.60. The van der Waals surface area contributed by atoms with E-state index < -0.39 is 0 Å². The first-order chi connectivity index (χ1) is 8.09. The molecule has 4 heteroatoms. The number of morpholine rings is 1. The minimum atomic E-state index is 0.198. The standard InChI is InChI=1S/C13H24N2O2/c1-9-7-17-8-10(2)15(9)13(16)6-11-4-3-5-12(11)14/h9-12H,3-8,14H2,1-2H3/t9?,10?,11-,12+/m0/s1. The van der Waals surface area contributed by atoms with Gasteiger partial charge in [-0.1, -0.05) is 6.42 Å². The Hall–Kier alpha value is -0.610. The van der Waals surface area contributed by atoms with E-state index >= 15 is 0 Å². The normalized spacial score (nSPS) is 38.4. The lowest BCUT2D eigenvalue weighted by molar-refractivity contribution is -0.145. The first-order valence-corrected chi connectivity index (χ1v) is 6.74. The van der Waals surface area contributed by atoms with Crippen molar-refractivity contribution in [1.82, 2.24) is 4.90 Å². The van der Waals surface area contributed by atoms with Crippen LogP contribution in [0, 0.1) is 5.92 Å². The van der Waals surface area contributed by atoms with Gasteiger partial charge in [0.1, 0.15) is 0 Å². The fourth-order valence-corrected chi connectivity index (χ4v) is 3.14. The molecule has 0 aromatic heterocycles. The van der Waals surface area contributed by atoms with E-state index in [0.29, 0.717) is 25.6 Å². The highest BCUT2D eigenvalue weighted by atomic mass is 16.5. The van der Waals surface area contributed by atoms with E-state index in [0.717, 1.165) is 12.8 Å². The third-order valence-electron chi connectivity index (χ3n) is 4.11. The molecule has 1 saturated heterocycles. The van der Waals surface area contributed by atoms with Gasteiger partial charge in [0.15, 0.2) is 0 Å². The van der Waals surface area contributed by atoms with Gasteiger partial charge in [0.05, 0.1) is 25.3 Å². The molecule has 0 bridgehead atoms. The van der Waals surface area contributed by atoms with Gasteiger partial charge in [-0.3, -0.25) is 4.79 Å². The minimum absolute atomic E-state index is 0.198. The molecule has 98 valence electrons. The van der Waals surface area contributed by atoms with E-state index in [4.69, 9.17) is 10.5 Å². The Morgan fingerprint density at radius 2 is 1.94 bits per heavy atom. The first-order valence-electron chi connectivity index (χ1n) is 6.74. The van der Waals surface area contributed by atoms with Crippen LogP contribution >= 0.6 is 0 Å². The molecule has 2 unspecified atom stereocenters. The van der Waals surface area contributed by atoms with Gasteiger partial charge < -0.3 is 15.4 Å². The van der Waals surface area contributed by atoms with Crippen LogP contribution in [0.15, 0.2) is 0 Å². The molecule has 17 heavy (non-hydrogen) atoms. The van der Waals surface area contributed by atoms with Gasteiger partial charge in [0, 0.05) is 12.5 Å². The number of rotatable bonds is 2. The average molecular weight is 240 g/mol. The smallest absolute Gasteiger partial charge is 0.223 e. The molecule has 2 fully saturated rings. The van der Waals surface area contributed by atoms with Gasteiger partial charge in [-0.25, -0.2) is 0 Å². The quantitative estimate of drug-likeness (QED) is 0.787. The molecule has 1 heterocycles. The van der Waals surface area contributed by atoms with Crippen molar-refractivity contribution in [3.05, 3.63) is 0 Å². The summed E-state index contributed by atoms with van der Waals surface area (Å²) in [6.45, 7) is 5.43. The fourth-order valence-electron chi connectivity index (χ4n) is 3.14. The number of carbonyl (C=O) groups is 1. The SMILES string of the molecule is CC1COCC(C)N1C(=O)C[C@@H]1CCC[C@H]1N. The maximum absolute atomic E-state index is 12.3. The lowest BCUT2D eigenvalue weighted by Crippen LogP contribution is -2.53. The molecule has 2 N–H and O–H groups in total. The topological polar surface area (TPSA) is 55.6 Å². The molecule has 1 amide bonds. The molecule has 1 aliphatic carbocycles. The fraction of sp³-hybridized carbons (Fsp3) is 0.923. The third-order valence-corrected chi connectivity index (χ3v) is 4.11. The van der Waals surface area contributed by atoms with Crippen LogP contribution in [0.25, 0.3) is 0 Å². The van der Waals surface area contributed by atoms with Crippen LogP contribution in [0.4, 0.5) is 0 Å². The van der Waals surface area contributed by atoms with Crippen molar-refractivity contribution in [2.75, 3.05) is 13.2 Å². The predicted molar refractivity (Wildman–Crippen MR) is 66.5 cm³/mol. The van der Waals surface area contributed by atoms with Crippen LogP contribution < -0.4 is 5.73 Å². The van der Waals surface area contributed by atoms with Crippen molar-refractivity contribution in [2.45, 2.75) is 57.7 Å². The molecule has 2 aliphatic rings. The van der Waals surface area contributed by atoms with E-state index in [1.165, 1.54) is 6.42 Å². The van der Waals surface area contributed by atoms with E-state index in [9.17, 15) is 4.79 Å². The first kappa shape index (κ1) is 12.8. The van der Waals surface area contributed by atoms with Crippen molar-refractivity contribution in [2.24, 2.45) is 11.7 Å². The third kappa shape index (κ3) is 2.80. The van der Waals surface area contributed by atoms with Gasteiger partial charge in [-0.2, -0.15) is 0 Å². The predicted octanol–water partition coefficient (Wildman–Crippen LogP) is 1.14. The van der Waals surface area contributed by atoms with Crippen molar-refractivity contribution in [3.63, 3.8) is 0 Å². The molecule has 2 rings (SSSR count). The van der Waals surface area contributed by atoms with Gasteiger partial charge in [0.2, 0.25) is 5.91 Å². The van der Waals surface area contributed by atoms with Crippen molar-refractivity contribution >= 4 is 5.91 Å². The van der Waals surface area contributed by atoms with Gasteiger partial charge in [-0.15, -0.1) is 0 Å². The van der Waals surface area contributed by atoms with E-state index in [1.54, 1.807) is 0 Å². The zero-order valence-electron chi connectivity index (χ0n) is 10.9. The molecular formula is C13H24N2O2. The molecule has 0 spiro atoms. The largest absolute Gasteiger partial charge is 0.377 e. The Bertz CT molecular complexity index is 273. The zero-order valence-corrected chi connectivity index (χ0v) is 10.9. The number of nitrogens with zero attached hydrogens (tertiary/aromatic N) is 1. The Morgan fingerprint density at radius 3 is 2.47 bits per heavy atom. The maximum Gasteiger partial charge on any atom is 0.223 e. The Balaban J connectivity index is 1.93. The number of nitrogens with two attached hydrogens (primary N) is 1. The zero-order chi connectivity index (χ0) is 12.4. The summed E-state index contributed by atoms with van der Waals surface area (Å²) < 4.78 is 5.45. The van der Waals surface area contributed by atoms with E-state index in [1.807, 2.05) is 4.90 Å². The molecule has 0 aromatic carbocycles. The molecule has 4 atom stereocenters. The lowest BCUT2D eigenvalue weighted by Gasteiger charge is -2.39. The van der Waals surface area contributed by atoms with Crippen LogP contribution in [0.5, 0.6) is 0 Å². The van der Waals surface area contributed by atoms with Gasteiger partial charge in [-0.05, 0) is 32.6 Å². The van der Waals surface area contributed by atoms with E-state index in [-0.39, 0.29) is 24.0 Å². The molecule has 0 radical (unpaired) electrons. The number of carbonyl (C=O) groups excluding carboxylic acids is 1. The highest BCUT2D eigenvalue weighted by molar-refractivity contribution is 5.77. The monoisotopic (exact) mass is 240 g/mol. The molecule has 0 aromatic rings. The summed E-state index contributed by atoms with van der Waals surface area (Å²) in [5.74, 6) is 0.653. The second kappa shape index (κ2) is 5.36. The summed E-state index contributed by atoms with van der Waals surface area (Å²) >= 11 is 0. The van der Waals surface area contributed by atoms with Crippen molar-refractivity contribution in [1.29, 1.82) is 0 Å². The number of ether oxygens (including phenoxy) is 1. The second-order valence-electron chi connectivity index (χ2n) is 5.60. The summed E-state index contributed by atoms with van der Waals surface area (Å²) in [5.41, 5.74) is 6.03. The summed E-state index contributed by atoms with van der Waals surface area (Å²) in [6.07, 6.45) is 3.98. The van der Waals surface area contributed by atoms with Crippen LogP contribution in [0.3, 0.4) is 0 Å². The maximum atomic E-state index is 12.3. The summed E-state index contributed by atoms with van der Waals surface area (Å²) in [6, 6.07) is 0.623. The lowest BCUT2D eigenvalue weighted by atomic mass is 9.98. The van der Waals surface area contributed by atoms with Gasteiger partial charge in [0.25, 0.3) is 0 Å². The Morgan fingerprint density at radius 1 is 1.29 bits per heavy atom. The highest BCUT2D eigenvalue weighted by Gasteiger charge is 2.33. The number of hydrogen-bond acceptors (Lipinski definition) is 3. The average Bonchev–Trinajstić information content (AvgIpc) is 2.64. The van der Waals surface area contributed by atoms with Gasteiger partial charge >= 0.3 is 0 Å². The summed E-state index contributed by atoms with van der Waals surface area (Å²) in [4.78, 5) is 14.3.